The highest BCUT2D eigenvalue weighted by Gasteiger charge is 2.32. The fourth-order valence-electron chi connectivity index (χ4n) is 4.35. The Balaban J connectivity index is 1.29. The van der Waals surface area contributed by atoms with E-state index in [2.05, 4.69) is 31.9 Å². The first-order chi connectivity index (χ1) is 16.4. The molecule has 0 bridgehead atoms. The monoisotopic (exact) mass is 482 g/mol. The Morgan fingerprint density at radius 1 is 1.15 bits per heavy atom. The predicted octanol–water partition coefficient (Wildman–Crippen LogP) is 3.89. The second kappa shape index (κ2) is 9.44. The number of ether oxygens (including phenoxy) is 1. The van der Waals surface area contributed by atoms with E-state index in [0.29, 0.717) is 30.1 Å². The van der Waals surface area contributed by atoms with Crippen molar-refractivity contribution < 1.29 is 13.2 Å². The van der Waals surface area contributed by atoms with E-state index in [1.807, 2.05) is 13.0 Å². The van der Waals surface area contributed by atoms with Crippen LogP contribution in [-0.2, 0) is 14.8 Å². The number of benzene rings is 1. The predicted molar refractivity (Wildman–Crippen MR) is 129 cm³/mol. The summed E-state index contributed by atoms with van der Waals surface area (Å²) in [5, 5.41) is 3.17. The van der Waals surface area contributed by atoms with E-state index in [1.165, 1.54) is 12.8 Å². The van der Waals surface area contributed by atoms with Crippen molar-refractivity contribution in [2.75, 3.05) is 18.5 Å². The number of anilines is 2. The lowest BCUT2D eigenvalue weighted by Gasteiger charge is -2.12. The third kappa shape index (κ3) is 5.13. The minimum absolute atomic E-state index is 0.0495. The second-order valence-corrected chi connectivity index (χ2v) is 10.9. The average molecular weight is 483 g/mol. The van der Waals surface area contributed by atoms with Gasteiger partial charge < -0.3 is 15.0 Å². The molecule has 1 aliphatic carbocycles. The third-order valence-electron chi connectivity index (χ3n) is 6.47. The first-order valence-electron chi connectivity index (χ1n) is 11.8. The van der Waals surface area contributed by atoms with E-state index in [0.717, 1.165) is 35.7 Å². The van der Waals surface area contributed by atoms with E-state index >= 15 is 0 Å². The molecule has 2 aliphatic rings. The molecule has 1 saturated carbocycles. The van der Waals surface area contributed by atoms with E-state index in [-0.39, 0.29) is 17.5 Å². The van der Waals surface area contributed by atoms with Gasteiger partial charge >= 0.3 is 0 Å². The van der Waals surface area contributed by atoms with Gasteiger partial charge in [0.15, 0.2) is 0 Å². The SMILES string of the molecule is Cc1nc(C(C)C2CC2)c(-c2ccnc(Nc3ccc(S(=O)(=O)NCC4CCCO4)cc3)n2)[nH]1. The number of imidazole rings is 1. The minimum atomic E-state index is -3.59. The summed E-state index contributed by atoms with van der Waals surface area (Å²) in [6.45, 7) is 5.16. The molecule has 10 heteroatoms. The summed E-state index contributed by atoms with van der Waals surface area (Å²) in [5.41, 5.74) is 3.46. The lowest BCUT2D eigenvalue weighted by molar-refractivity contribution is 0.114. The Labute approximate surface area is 199 Å². The van der Waals surface area contributed by atoms with Gasteiger partial charge in [-0.1, -0.05) is 6.92 Å². The Hall–Kier alpha value is -2.82. The summed E-state index contributed by atoms with van der Waals surface area (Å²) >= 11 is 0. The molecule has 180 valence electrons. The van der Waals surface area contributed by atoms with Gasteiger partial charge in [-0.05, 0) is 68.9 Å². The lowest BCUT2D eigenvalue weighted by Crippen LogP contribution is -2.31. The van der Waals surface area contributed by atoms with Crippen molar-refractivity contribution in [2.24, 2.45) is 5.92 Å². The fourth-order valence-corrected chi connectivity index (χ4v) is 5.42. The molecule has 5 rings (SSSR count). The molecule has 0 amide bonds. The van der Waals surface area contributed by atoms with Crippen LogP contribution in [0.4, 0.5) is 11.6 Å². The van der Waals surface area contributed by atoms with Crippen molar-refractivity contribution in [3.63, 3.8) is 0 Å². The quantitative estimate of drug-likeness (QED) is 0.423. The van der Waals surface area contributed by atoms with Gasteiger partial charge in [0, 0.05) is 31.0 Å². The van der Waals surface area contributed by atoms with Crippen molar-refractivity contribution in [1.29, 1.82) is 0 Å². The summed E-state index contributed by atoms with van der Waals surface area (Å²) < 4.78 is 33.3. The molecule has 1 saturated heterocycles. The summed E-state index contributed by atoms with van der Waals surface area (Å²) in [4.78, 5) is 17.3. The fraction of sp³-hybridized carbons (Fsp3) is 0.458. The molecule has 2 unspecified atom stereocenters. The third-order valence-corrected chi connectivity index (χ3v) is 7.91. The smallest absolute Gasteiger partial charge is 0.240 e. The second-order valence-electron chi connectivity index (χ2n) is 9.11. The first kappa shape index (κ1) is 22.9. The molecular weight excluding hydrogens is 452 g/mol. The molecule has 34 heavy (non-hydrogen) atoms. The molecule has 0 radical (unpaired) electrons. The molecule has 9 nitrogen and oxygen atoms in total. The van der Waals surface area contributed by atoms with Crippen molar-refractivity contribution in [2.45, 2.75) is 56.4 Å². The number of aromatic nitrogens is 4. The molecule has 3 aromatic rings. The normalized spacial score (nSPS) is 19.3. The van der Waals surface area contributed by atoms with Crippen molar-refractivity contribution in [1.82, 2.24) is 24.7 Å². The average Bonchev–Trinajstić information content (AvgIpc) is 3.40. The number of nitrogens with zero attached hydrogens (tertiary/aromatic N) is 3. The molecule has 2 fully saturated rings. The number of rotatable bonds is 9. The van der Waals surface area contributed by atoms with Gasteiger partial charge in [0.25, 0.3) is 0 Å². The van der Waals surface area contributed by atoms with Crippen LogP contribution in [0, 0.1) is 12.8 Å². The van der Waals surface area contributed by atoms with Crippen molar-refractivity contribution in [3.05, 3.63) is 48.0 Å². The van der Waals surface area contributed by atoms with E-state index in [1.54, 1.807) is 30.5 Å². The molecule has 3 N–H and O–H groups in total. The summed E-state index contributed by atoms with van der Waals surface area (Å²) in [7, 11) is -3.59. The van der Waals surface area contributed by atoms with Crippen LogP contribution in [0.15, 0.2) is 41.4 Å². The standard InChI is InChI=1S/C24H30N6O3S/c1-15(17-5-6-17)22-23(28-16(2)27-22)21-11-12-25-24(30-21)29-18-7-9-20(10-8-18)34(31,32)26-14-19-4-3-13-33-19/h7-12,15,17,19,26H,3-6,13-14H2,1-2H3,(H,27,28)(H,25,29,30). The van der Waals surface area contributed by atoms with Gasteiger partial charge in [-0.3, -0.25) is 0 Å². The number of sulfonamides is 1. The van der Waals surface area contributed by atoms with E-state index in [4.69, 9.17) is 9.72 Å². The summed E-state index contributed by atoms with van der Waals surface area (Å²) in [5.74, 6) is 2.38. The molecule has 2 aromatic heterocycles. The number of nitrogens with one attached hydrogen (secondary N) is 3. The van der Waals surface area contributed by atoms with E-state index < -0.39 is 10.0 Å². The van der Waals surface area contributed by atoms with E-state index in [9.17, 15) is 8.42 Å². The largest absolute Gasteiger partial charge is 0.377 e. The minimum Gasteiger partial charge on any atom is -0.377 e. The van der Waals surface area contributed by atoms with Gasteiger partial charge in [-0.25, -0.2) is 28.1 Å². The maximum absolute atomic E-state index is 12.6. The molecule has 2 atom stereocenters. The first-order valence-corrected chi connectivity index (χ1v) is 13.3. The van der Waals surface area contributed by atoms with Crippen molar-refractivity contribution in [3.8, 4) is 11.4 Å². The van der Waals surface area contributed by atoms with Crippen LogP contribution < -0.4 is 10.0 Å². The molecule has 1 aromatic carbocycles. The number of aromatic amines is 1. The number of aryl methyl sites for hydroxylation is 1. The van der Waals surface area contributed by atoms with Gasteiger partial charge in [0.05, 0.1) is 28.1 Å². The zero-order chi connectivity index (χ0) is 23.7. The Bertz CT molecular complexity index is 1250. The van der Waals surface area contributed by atoms with Crippen LogP contribution in [0.5, 0.6) is 0 Å². The maximum Gasteiger partial charge on any atom is 0.240 e. The van der Waals surface area contributed by atoms with Gasteiger partial charge in [-0.2, -0.15) is 0 Å². The molecular formula is C24H30N6O3S. The van der Waals surface area contributed by atoms with Gasteiger partial charge in [-0.15, -0.1) is 0 Å². The summed E-state index contributed by atoms with van der Waals surface area (Å²) in [6.07, 6.45) is 6.00. The van der Waals surface area contributed by atoms with Crippen LogP contribution in [0.2, 0.25) is 0 Å². The van der Waals surface area contributed by atoms with Gasteiger partial charge in [0.2, 0.25) is 16.0 Å². The summed E-state index contributed by atoms with van der Waals surface area (Å²) in [6, 6.07) is 8.42. The zero-order valence-electron chi connectivity index (χ0n) is 19.4. The van der Waals surface area contributed by atoms with Crippen LogP contribution in [0.25, 0.3) is 11.4 Å². The Morgan fingerprint density at radius 2 is 1.94 bits per heavy atom. The molecule has 3 heterocycles. The Kier molecular flexibility index (Phi) is 6.37. The maximum atomic E-state index is 12.6. The zero-order valence-corrected chi connectivity index (χ0v) is 20.2. The molecule has 1 aliphatic heterocycles. The topological polar surface area (TPSA) is 122 Å². The van der Waals surface area contributed by atoms with Crippen LogP contribution in [0.3, 0.4) is 0 Å². The number of hydrogen-bond donors (Lipinski definition) is 3. The van der Waals surface area contributed by atoms with Gasteiger partial charge in [0.1, 0.15) is 5.82 Å². The number of H-pyrrole nitrogens is 1. The van der Waals surface area contributed by atoms with Crippen LogP contribution >= 0.6 is 0 Å². The highest BCUT2D eigenvalue weighted by Crippen LogP contribution is 2.44. The lowest BCUT2D eigenvalue weighted by atomic mass is 9.99. The number of hydrogen-bond acceptors (Lipinski definition) is 7. The Morgan fingerprint density at radius 3 is 2.65 bits per heavy atom. The van der Waals surface area contributed by atoms with Crippen LogP contribution in [-0.4, -0.2) is 47.6 Å². The van der Waals surface area contributed by atoms with Crippen LogP contribution in [0.1, 0.15) is 50.0 Å². The highest BCUT2D eigenvalue weighted by molar-refractivity contribution is 7.89. The highest BCUT2D eigenvalue weighted by atomic mass is 32.2. The molecule has 0 spiro atoms. The van der Waals surface area contributed by atoms with Crippen molar-refractivity contribution >= 4 is 21.7 Å².